The quantitative estimate of drug-likeness (QED) is 0.851. The third kappa shape index (κ3) is 2.97. The molecule has 1 N–H and O–H groups in total. The van der Waals surface area contributed by atoms with Crippen LogP contribution in [0.4, 0.5) is 0 Å². The molecule has 8 heteroatoms. The number of aromatic nitrogens is 3. The highest BCUT2D eigenvalue weighted by Gasteiger charge is 2.31. The topological polar surface area (TPSA) is 77.2 Å². The lowest BCUT2D eigenvalue weighted by atomic mass is 10.1. The predicted octanol–water partition coefficient (Wildman–Crippen LogP) is 2.53. The van der Waals surface area contributed by atoms with Crippen molar-refractivity contribution in [1.29, 1.82) is 0 Å². The molecule has 2 aromatic heterocycles. The first-order valence-corrected chi connectivity index (χ1v) is 8.48. The van der Waals surface area contributed by atoms with Crippen molar-refractivity contribution in [1.82, 2.24) is 14.8 Å². The van der Waals surface area contributed by atoms with Gasteiger partial charge in [0.2, 0.25) is 0 Å². The zero-order chi connectivity index (χ0) is 14.8. The van der Waals surface area contributed by atoms with Crippen LogP contribution in [0.5, 0.6) is 0 Å². The first-order valence-electron chi connectivity index (χ1n) is 6.62. The van der Waals surface area contributed by atoms with Gasteiger partial charge in [-0.15, -0.1) is 21.5 Å². The fraction of sp³-hybridized carbons (Fsp3) is 0.462. The molecule has 2 unspecified atom stereocenters. The molecule has 1 saturated heterocycles. The lowest BCUT2D eigenvalue weighted by Crippen LogP contribution is -2.19. The van der Waals surface area contributed by atoms with Crippen LogP contribution >= 0.6 is 23.1 Å². The zero-order valence-corrected chi connectivity index (χ0v) is 13.1. The summed E-state index contributed by atoms with van der Waals surface area (Å²) in [6.45, 7) is 2.73. The molecular formula is C13H15N3O3S2. The van der Waals surface area contributed by atoms with E-state index in [1.165, 1.54) is 11.8 Å². The Hall–Kier alpha value is -1.38. The Morgan fingerprint density at radius 1 is 1.62 bits per heavy atom. The third-order valence-electron chi connectivity index (χ3n) is 3.40. The summed E-state index contributed by atoms with van der Waals surface area (Å²) < 4.78 is 7.68. The molecule has 0 spiro atoms. The molecular weight excluding hydrogens is 310 g/mol. The number of thioether (sulfide) groups is 1. The Balaban J connectivity index is 1.99. The van der Waals surface area contributed by atoms with Gasteiger partial charge in [0.1, 0.15) is 0 Å². The molecule has 6 nitrogen and oxygen atoms in total. The Kier molecular flexibility index (Phi) is 4.27. The minimum Gasteiger partial charge on any atom is -0.481 e. The van der Waals surface area contributed by atoms with Gasteiger partial charge in [-0.2, -0.15) is 0 Å². The predicted molar refractivity (Wildman–Crippen MR) is 80.8 cm³/mol. The SMILES string of the molecule is CC1OCCC1n1c(SCC(=O)O)nnc1-c1cccs1. The second kappa shape index (κ2) is 6.17. The summed E-state index contributed by atoms with van der Waals surface area (Å²) in [7, 11) is 0. The summed E-state index contributed by atoms with van der Waals surface area (Å²) in [5.41, 5.74) is 0. The van der Waals surface area contributed by atoms with Crippen LogP contribution in [-0.4, -0.2) is 44.3 Å². The highest BCUT2D eigenvalue weighted by atomic mass is 32.2. The molecule has 0 bridgehead atoms. The van der Waals surface area contributed by atoms with Crippen molar-refractivity contribution in [3.8, 4) is 10.7 Å². The second-order valence-corrected chi connectivity index (χ2v) is 6.66. The maximum absolute atomic E-state index is 10.8. The van der Waals surface area contributed by atoms with Crippen molar-refractivity contribution in [2.24, 2.45) is 0 Å². The van der Waals surface area contributed by atoms with Crippen LogP contribution in [0, 0.1) is 0 Å². The molecule has 21 heavy (non-hydrogen) atoms. The molecule has 1 fully saturated rings. The van der Waals surface area contributed by atoms with Gasteiger partial charge in [0.25, 0.3) is 0 Å². The number of thiophene rings is 1. The number of carboxylic acid groups (broad SMARTS) is 1. The van der Waals surface area contributed by atoms with Crippen LogP contribution in [0.25, 0.3) is 10.7 Å². The first kappa shape index (κ1) is 14.6. The molecule has 3 heterocycles. The summed E-state index contributed by atoms with van der Waals surface area (Å²) in [5, 5.41) is 20.0. The van der Waals surface area contributed by atoms with Crippen LogP contribution < -0.4 is 0 Å². The van der Waals surface area contributed by atoms with Crippen molar-refractivity contribution >= 4 is 29.1 Å². The van der Waals surface area contributed by atoms with E-state index in [4.69, 9.17) is 9.84 Å². The molecule has 2 atom stereocenters. The van der Waals surface area contributed by atoms with E-state index in [-0.39, 0.29) is 17.9 Å². The van der Waals surface area contributed by atoms with E-state index < -0.39 is 5.97 Å². The lowest BCUT2D eigenvalue weighted by molar-refractivity contribution is -0.133. The summed E-state index contributed by atoms with van der Waals surface area (Å²) in [5.74, 6) is -0.0898. The zero-order valence-electron chi connectivity index (χ0n) is 11.4. The van der Waals surface area contributed by atoms with Gasteiger partial charge in [0.15, 0.2) is 11.0 Å². The van der Waals surface area contributed by atoms with Crippen molar-refractivity contribution in [2.45, 2.75) is 30.6 Å². The monoisotopic (exact) mass is 325 g/mol. The van der Waals surface area contributed by atoms with Crippen molar-refractivity contribution in [3.63, 3.8) is 0 Å². The summed E-state index contributed by atoms with van der Waals surface area (Å²) >= 11 is 2.80. The number of carbonyl (C=O) groups is 1. The number of rotatable bonds is 5. The average Bonchev–Trinajstić information content (AvgIpc) is 3.15. The number of carboxylic acids is 1. The van der Waals surface area contributed by atoms with Gasteiger partial charge in [-0.3, -0.25) is 9.36 Å². The van der Waals surface area contributed by atoms with Gasteiger partial charge in [-0.1, -0.05) is 17.8 Å². The van der Waals surface area contributed by atoms with E-state index in [2.05, 4.69) is 10.2 Å². The molecule has 0 aliphatic carbocycles. The number of nitrogens with zero attached hydrogens (tertiary/aromatic N) is 3. The normalized spacial score (nSPS) is 21.8. The van der Waals surface area contributed by atoms with E-state index in [1.807, 2.05) is 29.0 Å². The Morgan fingerprint density at radius 2 is 2.48 bits per heavy atom. The highest BCUT2D eigenvalue weighted by molar-refractivity contribution is 7.99. The maximum atomic E-state index is 10.8. The summed E-state index contributed by atoms with van der Waals surface area (Å²) in [6.07, 6.45) is 0.960. The Bertz CT molecular complexity index is 627. The van der Waals surface area contributed by atoms with E-state index in [1.54, 1.807) is 11.3 Å². The van der Waals surface area contributed by atoms with Crippen LogP contribution in [0.2, 0.25) is 0 Å². The molecule has 1 aliphatic rings. The van der Waals surface area contributed by atoms with E-state index in [9.17, 15) is 4.79 Å². The third-order valence-corrected chi connectivity index (χ3v) is 5.19. The molecule has 0 radical (unpaired) electrons. The van der Waals surface area contributed by atoms with Crippen molar-refractivity contribution in [2.75, 3.05) is 12.4 Å². The highest BCUT2D eigenvalue weighted by Crippen LogP contribution is 2.35. The second-order valence-electron chi connectivity index (χ2n) is 4.77. The molecule has 112 valence electrons. The van der Waals surface area contributed by atoms with Gasteiger partial charge in [0, 0.05) is 6.61 Å². The van der Waals surface area contributed by atoms with E-state index >= 15 is 0 Å². The van der Waals surface area contributed by atoms with Gasteiger partial charge in [0.05, 0.1) is 22.8 Å². The lowest BCUT2D eigenvalue weighted by Gasteiger charge is -2.19. The van der Waals surface area contributed by atoms with Crippen LogP contribution in [0.1, 0.15) is 19.4 Å². The van der Waals surface area contributed by atoms with Gasteiger partial charge in [-0.05, 0) is 24.8 Å². The van der Waals surface area contributed by atoms with Crippen LogP contribution in [0.3, 0.4) is 0 Å². The molecule has 1 aliphatic heterocycles. The number of hydrogen-bond donors (Lipinski definition) is 1. The summed E-state index contributed by atoms with van der Waals surface area (Å²) in [6, 6.07) is 4.11. The minimum absolute atomic E-state index is 0.0233. The fourth-order valence-corrected chi connectivity index (χ4v) is 3.85. The minimum atomic E-state index is -0.858. The largest absolute Gasteiger partial charge is 0.481 e. The van der Waals surface area contributed by atoms with Gasteiger partial charge in [-0.25, -0.2) is 0 Å². The van der Waals surface area contributed by atoms with E-state index in [0.717, 1.165) is 17.1 Å². The van der Waals surface area contributed by atoms with Gasteiger partial charge < -0.3 is 9.84 Å². The molecule has 2 aromatic rings. The average molecular weight is 325 g/mol. The molecule has 0 aromatic carbocycles. The first-order chi connectivity index (χ1) is 10.2. The fourth-order valence-electron chi connectivity index (χ4n) is 2.43. The molecule has 0 saturated carbocycles. The number of hydrogen-bond acceptors (Lipinski definition) is 6. The molecule has 3 rings (SSSR count). The number of aliphatic carboxylic acids is 1. The molecule has 0 amide bonds. The van der Waals surface area contributed by atoms with Gasteiger partial charge >= 0.3 is 5.97 Å². The smallest absolute Gasteiger partial charge is 0.313 e. The summed E-state index contributed by atoms with van der Waals surface area (Å²) in [4.78, 5) is 11.8. The number of ether oxygens (including phenoxy) is 1. The maximum Gasteiger partial charge on any atom is 0.313 e. The Morgan fingerprint density at radius 3 is 3.10 bits per heavy atom. The van der Waals surface area contributed by atoms with Crippen molar-refractivity contribution in [3.05, 3.63) is 17.5 Å². The standard InChI is InChI=1S/C13H15N3O3S2/c1-8-9(4-5-19-8)16-12(10-3-2-6-20-10)14-15-13(16)21-7-11(17)18/h2-3,6,8-9H,4-5,7H2,1H3,(H,17,18). The Labute approximate surface area is 130 Å². The van der Waals surface area contributed by atoms with Crippen molar-refractivity contribution < 1.29 is 14.6 Å². The van der Waals surface area contributed by atoms with E-state index in [0.29, 0.717) is 11.8 Å². The van der Waals surface area contributed by atoms with Crippen LogP contribution in [0.15, 0.2) is 22.7 Å². The van der Waals surface area contributed by atoms with Crippen LogP contribution in [-0.2, 0) is 9.53 Å².